The average Bonchev–Trinajstić information content (AvgIpc) is 2.45. The Balaban J connectivity index is 2.49. The zero-order chi connectivity index (χ0) is 15.7. The lowest BCUT2D eigenvalue weighted by atomic mass is 10.1. The smallest absolute Gasteiger partial charge is 0.191 e. The predicted octanol–water partition coefficient (Wildman–Crippen LogP) is 2.35. The second-order valence-electron chi connectivity index (χ2n) is 5.47. The summed E-state index contributed by atoms with van der Waals surface area (Å²) in [6.07, 6.45) is 0.746. The highest BCUT2D eigenvalue weighted by atomic mass is 19.1. The van der Waals surface area contributed by atoms with Crippen LogP contribution in [0.3, 0.4) is 0 Å². The number of methoxy groups -OCH3 is 1. The third kappa shape index (κ3) is 7.09. The van der Waals surface area contributed by atoms with Gasteiger partial charge in [-0.2, -0.15) is 0 Å². The van der Waals surface area contributed by atoms with E-state index in [1.165, 1.54) is 6.07 Å². The fraction of sp³-hybridized carbons (Fsp3) is 0.562. The highest BCUT2D eigenvalue weighted by Crippen LogP contribution is 2.07. The molecule has 0 aliphatic heterocycles. The quantitative estimate of drug-likeness (QED) is 0.599. The van der Waals surface area contributed by atoms with Gasteiger partial charge in [-0.3, -0.25) is 4.99 Å². The standard InChI is InChI=1S/C16H26FN3O/c1-5-18-15(20-12-16(2,3)21-4)19-10-9-13-7-6-8-14(17)11-13/h6-8,11H,5,9-10,12H2,1-4H3,(H2,18,19,20). The maximum Gasteiger partial charge on any atom is 0.191 e. The summed E-state index contributed by atoms with van der Waals surface area (Å²) in [5, 5.41) is 6.43. The highest BCUT2D eigenvalue weighted by molar-refractivity contribution is 5.79. The Morgan fingerprint density at radius 1 is 1.33 bits per heavy atom. The van der Waals surface area contributed by atoms with E-state index in [4.69, 9.17) is 4.74 Å². The van der Waals surface area contributed by atoms with Gasteiger partial charge in [-0.1, -0.05) is 12.1 Å². The zero-order valence-corrected chi connectivity index (χ0v) is 13.4. The van der Waals surface area contributed by atoms with Gasteiger partial charge in [0.1, 0.15) is 5.82 Å². The summed E-state index contributed by atoms with van der Waals surface area (Å²) in [6, 6.07) is 6.66. The third-order valence-corrected chi connectivity index (χ3v) is 3.11. The van der Waals surface area contributed by atoms with Gasteiger partial charge < -0.3 is 15.4 Å². The van der Waals surface area contributed by atoms with Gasteiger partial charge >= 0.3 is 0 Å². The molecule has 1 aromatic rings. The van der Waals surface area contributed by atoms with Crippen molar-refractivity contribution in [3.8, 4) is 0 Å². The molecule has 0 heterocycles. The maximum atomic E-state index is 13.1. The van der Waals surface area contributed by atoms with Gasteiger partial charge in [-0.15, -0.1) is 0 Å². The van der Waals surface area contributed by atoms with E-state index in [1.54, 1.807) is 19.2 Å². The Morgan fingerprint density at radius 3 is 2.71 bits per heavy atom. The lowest BCUT2D eigenvalue weighted by Crippen LogP contribution is -2.40. The van der Waals surface area contributed by atoms with Crippen LogP contribution in [0.25, 0.3) is 0 Å². The molecule has 0 aliphatic carbocycles. The molecule has 0 spiro atoms. The van der Waals surface area contributed by atoms with Gasteiger partial charge in [0.15, 0.2) is 5.96 Å². The number of guanidine groups is 1. The monoisotopic (exact) mass is 295 g/mol. The molecule has 5 heteroatoms. The van der Waals surface area contributed by atoms with Crippen LogP contribution < -0.4 is 10.6 Å². The van der Waals surface area contributed by atoms with Crippen molar-refractivity contribution in [2.75, 3.05) is 26.7 Å². The summed E-state index contributed by atoms with van der Waals surface area (Å²) in [4.78, 5) is 4.50. The van der Waals surface area contributed by atoms with Crippen LogP contribution in [0.5, 0.6) is 0 Å². The number of aliphatic imine (C=N–C) groups is 1. The third-order valence-electron chi connectivity index (χ3n) is 3.11. The van der Waals surface area contributed by atoms with Gasteiger partial charge in [0, 0.05) is 20.2 Å². The number of ether oxygens (including phenoxy) is 1. The highest BCUT2D eigenvalue weighted by Gasteiger charge is 2.15. The first kappa shape index (κ1) is 17.4. The van der Waals surface area contributed by atoms with Crippen LogP contribution in [0.15, 0.2) is 29.3 Å². The van der Waals surface area contributed by atoms with E-state index in [9.17, 15) is 4.39 Å². The fourth-order valence-corrected chi connectivity index (χ4v) is 1.69. The van der Waals surface area contributed by atoms with Crippen LogP contribution in [0.1, 0.15) is 26.3 Å². The van der Waals surface area contributed by atoms with Crippen LogP contribution in [0.2, 0.25) is 0 Å². The molecule has 1 rings (SSSR count). The summed E-state index contributed by atoms with van der Waals surface area (Å²) in [5.41, 5.74) is 0.681. The zero-order valence-electron chi connectivity index (χ0n) is 13.4. The molecule has 0 saturated carbocycles. The van der Waals surface area contributed by atoms with Crippen molar-refractivity contribution in [3.63, 3.8) is 0 Å². The van der Waals surface area contributed by atoms with Gasteiger partial charge in [0.05, 0.1) is 12.1 Å². The number of nitrogens with one attached hydrogen (secondary N) is 2. The van der Waals surface area contributed by atoms with Crippen molar-refractivity contribution in [2.24, 2.45) is 4.99 Å². The molecule has 0 unspecified atom stereocenters. The van der Waals surface area contributed by atoms with Crippen LogP contribution in [-0.4, -0.2) is 38.3 Å². The molecule has 2 N–H and O–H groups in total. The van der Waals surface area contributed by atoms with E-state index < -0.39 is 0 Å². The molecule has 0 atom stereocenters. The van der Waals surface area contributed by atoms with Crippen molar-refractivity contribution in [1.29, 1.82) is 0 Å². The Morgan fingerprint density at radius 2 is 2.10 bits per heavy atom. The molecule has 4 nitrogen and oxygen atoms in total. The van der Waals surface area contributed by atoms with E-state index in [0.29, 0.717) is 13.1 Å². The first-order valence-corrected chi connectivity index (χ1v) is 7.28. The maximum absolute atomic E-state index is 13.1. The molecule has 0 saturated heterocycles. The van der Waals surface area contributed by atoms with Crippen molar-refractivity contribution in [3.05, 3.63) is 35.6 Å². The Hall–Kier alpha value is -1.62. The number of halogens is 1. The minimum Gasteiger partial charge on any atom is -0.377 e. The fourth-order valence-electron chi connectivity index (χ4n) is 1.69. The van der Waals surface area contributed by atoms with E-state index in [0.717, 1.165) is 24.5 Å². The SMILES string of the molecule is CCNC(=NCC(C)(C)OC)NCCc1cccc(F)c1. The first-order valence-electron chi connectivity index (χ1n) is 7.28. The second kappa shape index (κ2) is 8.62. The number of nitrogens with zero attached hydrogens (tertiary/aromatic N) is 1. The van der Waals surface area contributed by atoms with Gasteiger partial charge in [-0.25, -0.2) is 4.39 Å². The van der Waals surface area contributed by atoms with Gasteiger partial charge in [0.2, 0.25) is 0 Å². The van der Waals surface area contributed by atoms with Crippen molar-refractivity contribution < 1.29 is 9.13 Å². The molecule has 0 aromatic heterocycles. The van der Waals surface area contributed by atoms with Crippen molar-refractivity contribution in [1.82, 2.24) is 10.6 Å². The minimum absolute atomic E-state index is 0.199. The molecule has 21 heavy (non-hydrogen) atoms. The molecular formula is C16H26FN3O. The van der Waals surface area contributed by atoms with E-state index in [1.807, 2.05) is 26.8 Å². The molecule has 1 aromatic carbocycles. The number of rotatable bonds is 7. The second-order valence-corrected chi connectivity index (χ2v) is 5.47. The summed E-state index contributed by atoms with van der Waals surface area (Å²) in [6.45, 7) is 8.06. The molecule has 118 valence electrons. The topological polar surface area (TPSA) is 45.7 Å². The molecule has 0 bridgehead atoms. The normalized spacial score (nSPS) is 12.3. The summed E-state index contributed by atoms with van der Waals surface area (Å²) in [7, 11) is 1.68. The van der Waals surface area contributed by atoms with Crippen LogP contribution in [-0.2, 0) is 11.2 Å². The Labute approximate surface area is 126 Å². The van der Waals surface area contributed by atoms with Crippen LogP contribution >= 0.6 is 0 Å². The summed E-state index contributed by atoms with van der Waals surface area (Å²) in [5.74, 6) is 0.550. The lowest BCUT2D eigenvalue weighted by molar-refractivity contribution is 0.0310. The molecule has 0 radical (unpaired) electrons. The number of hydrogen-bond acceptors (Lipinski definition) is 2. The molecule has 0 fully saturated rings. The van der Waals surface area contributed by atoms with Gasteiger partial charge in [0.25, 0.3) is 0 Å². The van der Waals surface area contributed by atoms with Crippen molar-refractivity contribution >= 4 is 5.96 Å². The van der Waals surface area contributed by atoms with Crippen molar-refractivity contribution in [2.45, 2.75) is 32.8 Å². The van der Waals surface area contributed by atoms with Crippen LogP contribution in [0.4, 0.5) is 4.39 Å². The summed E-state index contributed by atoms with van der Waals surface area (Å²) >= 11 is 0. The molecular weight excluding hydrogens is 269 g/mol. The number of benzene rings is 1. The summed E-state index contributed by atoms with van der Waals surface area (Å²) < 4.78 is 18.4. The van der Waals surface area contributed by atoms with E-state index in [-0.39, 0.29) is 11.4 Å². The Kier molecular flexibility index (Phi) is 7.15. The first-order chi connectivity index (χ1) is 9.96. The van der Waals surface area contributed by atoms with Gasteiger partial charge in [-0.05, 0) is 44.9 Å². The minimum atomic E-state index is -0.287. The van der Waals surface area contributed by atoms with E-state index in [2.05, 4.69) is 15.6 Å². The molecule has 0 aliphatic rings. The average molecular weight is 295 g/mol. The van der Waals surface area contributed by atoms with Crippen LogP contribution in [0, 0.1) is 5.82 Å². The number of hydrogen-bond donors (Lipinski definition) is 2. The predicted molar refractivity (Wildman–Crippen MR) is 85.2 cm³/mol. The Bertz CT molecular complexity index is 461. The lowest BCUT2D eigenvalue weighted by Gasteiger charge is -2.21. The van der Waals surface area contributed by atoms with E-state index >= 15 is 0 Å². The largest absolute Gasteiger partial charge is 0.377 e. The molecule has 0 amide bonds.